The van der Waals surface area contributed by atoms with Crippen LogP contribution in [0.1, 0.15) is 0 Å². The topological polar surface area (TPSA) is 85.6 Å². The number of methoxy groups -OCH3 is 2. The van der Waals surface area contributed by atoms with E-state index in [1.165, 1.54) is 7.11 Å². The number of nitrogens with one attached hydrogen (secondary N) is 2. The molecular weight excluding hydrogens is 270 g/mol. The molecule has 2 rings (SSSR count). The summed E-state index contributed by atoms with van der Waals surface area (Å²) in [5.74, 6) is 1.16. The van der Waals surface area contributed by atoms with Crippen LogP contribution < -0.4 is 25.8 Å². The average Bonchev–Trinajstić information content (AvgIpc) is 2.47. The lowest BCUT2D eigenvalue weighted by Crippen LogP contribution is -2.19. The Labute approximate surface area is 122 Å². The predicted octanol–water partition coefficient (Wildman–Crippen LogP) is 2.93. The molecule has 0 aliphatic rings. The van der Waals surface area contributed by atoms with Crippen molar-refractivity contribution in [1.82, 2.24) is 0 Å². The van der Waals surface area contributed by atoms with E-state index in [1.54, 1.807) is 49.6 Å². The second kappa shape index (κ2) is 6.51. The van der Waals surface area contributed by atoms with E-state index >= 15 is 0 Å². The number of anilines is 3. The van der Waals surface area contributed by atoms with Crippen LogP contribution in [0.5, 0.6) is 11.5 Å². The first kappa shape index (κ1) is 14.5. The summed E-state index contributed by atoms with van der Waals surface area (Å²) in [6, 6.07) is 11.7. The van der Waals surface area contributed by atoms with Gasteiger partial charge in [0, 0.05) is 17.4 Å². The summed E-state index contributed by atoms with van der Waals surface area (Å²) in [7, 11) is 3.09. The normalized spacial score (nSPS) is 9.81. The van der Waals surface area contributed by atoms with Crippen molar-refractivity contribution in [2.24, 2.45) is 0 Å². The maximum atomic E-state index is 12.0. The second-order valence-corrected chi connectivity index (χ2v) is 4.27. The number of amides is 2. The van der Waals surface area contributed by atoms with Crippen LogP contribution in [0.4, 0.5) is 21.9 Å². The van der Waals surface area contributed by atoms with Crippen molar-refractivity contribution in [3.05, 3.63) is 42.5 Å². The second-order valence-electron chi connectivity index (χ2n) is 4.27. The Morgan fingerprint density at radius 3 is 2.52 bits per heavy atom. The Morgan fingerprint density at radius 2 is 1.86 bits per heavy atom. The van der Waals surface area contributed by atoms with E-state index < -0.39 is 0 Å². The van der Waals surface area contributed by atoms with Crippen molar-refractivity contribution < 1.29 is 14.3 Å². The fourth-order valence-electron chi connectivity index (χ4n) is 1.80. The molecule has 2 aromatic rings. The number of urea groups is 1. The maximum Gasteiger partial charge on any atom is 0.323 e. The molecule has 110 valence electrons. The molecule has 6 heteroatoms. The van der Waals surface area contributed by atoms with Crippen molar-refractivity contribution in [3.8, 4) is 11.5 Å². The zero-order chi connectivity index (χ0) is 15.2. The van der Waals surface area contributed by atoms with Gasteiger partial charge in [-0.1, -0.05) is 6.07 Å². The van der Waals surface area contributed by atoms with Crippen LogP contribution in [0.3, 0.4) is 0 Å². The van der Waals surface area contributed by atoms with Gasteiger partial charge in [-0.25, -0.2) is 4.79 Å². The van der Waals surface area contributed by atoms with E-state index in [-0.39, 0.29) is 6.03 Å². The molecule has 21 heavy (non-hydrogen) atoms. The standard InChI is InChI=1S/C15H17N3O3/c1-20-12-6-7-13(14(9-12)21-2)18-15(19)17-11-5-3-4-10(16)8-11/h3-9H,16H2,1-2H3,(H2,17,18,19). The van der Waals surface area contributed by atoms with Gasteiger partial charge in [-0.05, 0) is 30.3 Å². The zero-order valence-electron chi connectivity index (χ0n) is 11.8. The minimum Gasteiger partial charge on any atom is -0.497 e. The SMILES string of the molecule is COc1ccc(NC(=O)Nc2cccc(N)c2)c(OC)c1. The summed E-state index contributed by atoms with van der Waals surface area (Å²) in [6.45, 7) is 0. The number of nitrogens with two attached hydrogens (primary N) is 1. The number of hydrogen-bond acceptors (Lipinski definition) is 4. The van der Waals surface area contributed by atoms with Crippen molar-refractivity contribution in [2.75, 3.05) is 30.6 Å². The molecule has 0 saturated carbocycles. The highest BCUT2D eigenvalue weighted by Gasteiger charge is 2.09. The lowest BCUT2D eigenvalue weighted by Gasteiger charge is -2.12. The quantitative estimate of drug-likeness (QED) is 0.755. The number of carbonyl (C=O) groups is 1. The molecule has 0 aliphatic heterocycles. The largest absolute Gasteiger partial charge is 0.497 e. The van der Waals surface area contributed by atoms with Crippen LogP contribution >= 0.6 is 0 Å². The van der Waals surface area contributed by atoms with Crippen molar-refractivity contribution in [1.29, 1.82) is 0 Å². The summed E-state index contributed by atoms with van der Waals surface area (Å²) in [5, 5.41) is 5.40. The van der Waals surface area contributed by atoms with Crippen molar-refractivity contribution in [2.45, 2.75) is 0 Å². The van der Waals surface area contributed by atoms with Gasteiger partial charge in [-0.2, -0.15) is 0 Å². The molecule has 0 fully saturated rings. The first-order chi connectivity index (χ1) is 10.1. The molecule has 6 nitrogen and oxygen atoms in total. The van der Waals surface area contributed by atoms with E-state index in [2.05, 4.69) is 10.6 Å². The van der Waals surface area contributed by atoms with Crippen LogP contribution in [-0.4, -0.2) is 20.3 Å². The summed E-state index contributed by atoms with van der Waals surface area (Å²) < 4.78 is 10.3. The van der Waals surface area contributed by atoms with Gasteiger partial charge in [0.1, 0.15) is 11.5 Å². The lowest BCUT2D eigenvalue weighted by molar-refractivity contribution is 0.262. The van der Waals surface area contributed by atoms with E-state index in [1.807, 2.05) is 0 Å². The van der Waals surface area contributed by atoms with Gasteiger partial charge in [0.05, 0.1) is 19.9 Å². The zero-order valence-corrected chi connectivity index (χ0v) is 11.8. The molecule has 2 amide bonds. The number of nitrogen functional groups attached to an aromatic ring is 1. The van der Waals surface area contributed by atoms with Crippen molar-refractivity contribution in [3.63, 3.8) is 0 Å². The van der Waals surface area contributed by atoms with Gasteiger partial charge < -0.3 is 25.8 Å². The Bertz CT molecular complexity index is 644. The third kappa shape index (κ3) is 3.79. The Hall–Kier alpha value is -2.89. The first-order valence-corrected chi connectivity index (χ1v) is 6.28. The number of ether oxygens (including phenoxy) is 2. The van der Waals surface area contributed by atoms with Gasteiger partial charge in [0.15, 0.2) is 0 Å². The molecular formula is C15H17N3O3. The number of benzene rings is 2. The predicted molar refractivity (Wildman–Crippen MR) is 83.0 cm³/mol. The molecule has 0 saturated heterocycles. The molecule has 0 bridgehead atoms. The van der Waals surface area contributed by atoms with Crippen LogP contribution in [0, 0.1) is 0 Å². The molecule has 2 aromatic carbocycles. The van der Waals surface area contributed by atoms with Crippen LogP contribution in [0.2, 0.25) is 0 Å². The average molecular weight is 287 g/mol. The van der Waals surface area contributed by atoms with E-state index in [0.717, 1.165) is 0 Å². The highest BCUT2D eigenvalue weighted by Crippen LogP contribution is 2.29. The third-order valence-corrected chi connectivity index (χ3v) is 2.80. The maximum absolute atomic E-state index is 12.0. The Kier molecular flexibility index (Phi) is 4.50. The minimum atomic E-state index is -0.385. The summed E-state index contributed by atoms with van der Waals surface area (Å²) in [4.78, 5) is 12.0. The molecule has 0 unspecified atom stereocenters. The van der Waals surface area contributed by atoms with Gasteiger partial charge in [-0.15, -0.1) is 0 Å². The first-order valence-electron chi connectivity index (χ1n) is 6.28. The van der Waals surface area contributed by atoms with Crippen LogP contribution in [-0.2, 0) is 0 Å². The molecule has 0 radical (unpaired) electrons. The molecule has 0 spiro atoms. The Balaban J connectivity index is 2.09. The van der Waals surface area contributed by atoms with Gasteiger partial charge in [0.2, 0.25) is 0 Å². The lowest BCUT2D eigenvalue weighted by atomic mass is 10.2. The summed E-state index contributed by atoms with van der Waals surface area (Å²) >= 11 is 0. The van der Waals surface area contributed by atoms with E-state index in [4.69, 9.17) is 15.2 Å². The Morgan fingerprint density at radius 1 is 1.05 bits per heavy atom. The number of rotatable bonds is 4. The number of hydrogen-bond donors (Lipinski definition) is 3. The fraction of sp³-hybridized carbons (Fsp3) is 0.133. The molecule has 0 heterocycles. The van der Waals surface area contributed by atoms with Gasteiger partial charge in [0.25, 0.3) is 0 Å². The van der Waals surface area contributed by atoms with Gasteiger partial charge in [-0.3, -0.25) is 0 Å². The van der Waals surface area contributed by atoms with E-state index in [0.29, 0.717) is 28.6 Å². The smallest absolute Gasteiger partial charge is 0.323 e. The van der Waals surface area contributed by atoms with E-state index in [9.17, 15) is 4.79 Å². The number of carbonyl (C=O) groups excluding carboxylic acids is 1. The van der Waals surface area contributed by atoms with Crippen LogP contribution in [0.25, 0.3) is 0 Å². The highest BCUT2D eigenvalue weighted by molar-refractivity contribution is 6.00. The van der Waals surface area contributed by atoms with Gasteiger partial charge >= 0.3 is 6.03 Å². The monoisotopic (exact) mass is 287 g/mol. The molecule has 0 aromatic heterocycles. The van der Waals surface area contributed by atoms with Crippen LogP contribution in [0.15, 0.2) is 42.5 Å². The third-order valence-electron chi connectivity index (χ3n) is 2.80. The minimum absolute atomic E-state index is 0.385. The van der Waals surface area contributed by atoms with Crippen molar-refractivity contribution >= 4 is 23.1 Å². The highest BCUT2D eigenvalue weighted by atomic mass is 16.5. The fourth-order valence-corrected chi connectivity index (χ4v) is 1.80. The molecule has 0 atom stereocenters. The summed E-state index contributed by atoms with van der Waals surface area (Å²) in [5.41, 5.74) is 7.39. The molecule has 0 aliphatic carbocycles. The molecule has 4 N–H and O–H groups in total. The summed E-state index contributed by atoms with van der Waals surface area (Å²) in [6.07, 6.45) is 0.